The number of aromatic nitrogens is 4. The van der Waals surface area contributed by atoms with Gasteiger partial charge in [0.05, 0.1) is 14.2 Å². The van der Waals surface area contributed by atoms with E-state index in [0.29, 0.717) is 17.3 Å². The van der Waals surface area contributed by atoms with Crippen molar-refractivity contribution in [3.63, 3.8) is 0 Å². The van der Waals surface area contributed by atoms with E-state index in [1.165, 1.54) is 11.0 Å². The van der Waals surface area contributed by atoms with Gasteiger partial charge in [0.1, 0.15) is 6.33 Å². The highest BCUT2D eigenvalue weighted by Crippen LogP contribution is 2.33. The van der Waals surface area contributed by atoms with Gasteiger partial charge >= 0.3 is 0 Å². The molecular formula is C13H13N5O2. The lowest BCUT2D eigenvalue weighted by atomic mass is 10.1. The molecular weight excluding hydrogens is 258 g/mol. The molecule has 0 unspecified atom stereocenters. The maximum absolute atomic E-state index is 5.55. The third kappa shape index (κ3) is 1.89. The quantitative estimate of drug-likeness (QED) is 0.775. The predicted octanol–water partition coefficient (Wildman–Crippen LogP) is 1.41. The fourth-order valence-corrected chi connectivity index (χ4v) is 2.04. The molecule has 1 aromatic carbocycles. The van der Waals surface area contributed by atoms with Crippen molar-refractivity contribution in [3.8, 4) is 17.3 Å². The molecule has 7 nitrogen and oxygen atoms in total. The average molecular weight is 271 g/mol. The topological polar surface area (TPSA) is 88.1 Å². The number of nitrogens with two attached hydrogens (primary N) is 1. The standard InChI is InChI=1S/C13H13N5O2/c1-19-10-5-8-3-4-15-12(9(8)6-11(10)20-2)18-7-16-13(14)17-18/h3-7H,1-2H3,(H2,14,17). The summed E-state index contributed by atoms with van der Waals surface area (Å²) in [6.45, 7) is 0. The number of nitrogen functional groups attached to an aromatic ring is 1. The second-order valence-electron chi connectivity index (χ2n) is 4.11. The van der Waals surface area contributed by atoms with Gasteiger partial charge in [0.25, 0.3) is 0 Å². The molecule has 3 aromatic rings. The van der Waals surface area contributed by atoms with Crippen LogP contribution in [0.1, 0.15) is 0 Å². The van der Waals surface area contributed by atoms with Gasteiger partial charge in [0.15, 0.2) is 17.3 Å². The maximum Gasteiger partial charge on any atom is 0.239 e. The normalized spacial score (nSPS) is 10.7. The van der Waals surface area contributed by atoms with Crippen LogP contribution in [0.15, 0.2) is 30.7 Å². The van der Waals surface area contributed by atoms with Gasteiger partial charge < -0.3 is 15.2 Å². The van der Waals surface area contributed by atoms with Crippen LogP contribution in [-0.4, -0.2) is 34.0 Å². The van der Waals surface area contributed by atoms with Crippen molar-refractivity contribution in [1.29, 1.82) is 0 Å². The van der Waals surface area contributed by atoms with Gasteiger partial charge in [-0.3, -0.25) is 0 Å². The van der Waals surface area contributed by atoms with Gasteiger partial charge in [-0.2, -0.15) is 4.68 Å². The van der Waals surface area contributed by atoms with Crippen molar-refractivity contribution in [2.45, 2.75) is 0 Å². The molecule has 3 rings (SSSR count). The van der Waals surface area contributed by atoms with E-state index in [-0.39, 0.29) is 5.95 Å². The van der Waals surface area contributed by atoms with Crippen LogP contribution >= 0.6 is 0 Å². The summed E-state index contributed by atoms with van der Waals surface area (Å²) in [4.78, 5) is 8.24. The van der Waals surface area contributed by atoms with Gasteiger partial charge in [0, 0.05) is 11.6 Å². The zero-order chi connectivity index (χ0) is 14.1. The number of methoxy groups -OCH3 is 2. The first-order valence-corrected chi connectivity index (χ1v) is 5.91. The molecule has 2 aromatic heterocycles. The van der Waals surface area contributed by atoms with Crippen molar-refractivity contribution in [1.82, 2.24) is 19.7 Å². The average Bonchev–Trinajstić information content (AvgIpc) is 2.91. The monoisotopic (exact) mass is 271 g/mol. The fraction of sp³-hybridized carbons (Fsp3) is 0.154. The second kappa shape index (κ2) is 4.69. The molecule has 20 heavy (non-hydrogen) atoms. The minimum Gasteiger partial charge on any atom is -0.493 e. The van der Waals surface area contributed by atoms with Crippen LogP contribution < -0.4 is 15.2 Å². The fourth-order valence-electron chi connectivity index (χ4n) is 2.04. The van der Waals surface area contributed by atoms with Crippen molar-refractivity contribution in [2.75, 3.05) is 20.0 Å². The summed E-state index contributed by atoms with van der Waals surface area (Å²) in [7, 11) is 3.19. The van der Waals surface area contributed by atoms with Crippen molar-refractivity contribution >= 4 is 16.7 Å². The Morgan fingerprint density at radius 3 is 2.50 bits per heavy atom. The summed E-state index contributed by atoms with van der Waals surface area (Å²) in [6.07, 6.45) is 3.22. The summed E-state index contributed by atoms with van der Waals surface area (Å²) < 4.78 is 12.1. The van der Waals surface area contributed by atoms with E-state index in [1.54, 1.807) is 20.4 Å². The Morgan fingerprint density at radius 2 is 1.85 bits per heavy atom. The lowest BCUT2D eigenvalue weighted by molar-refractivity contribution is 0.356. The van der Waals surface area contributed by atoms with Gasteiger partial charge in [-0.25, -0.2) is 9.97 Å². The molecule has 0 radical (unpaired) electrons. The molecule has 0 amide bonds. The van der Waals surface area contributed by atoms with E-state index in [1.807, 2.05) is 18.2 Å². The number of fused-ring (bicyclic) bond motifs is 1. The highest BCUT2D eigenvalue weighted by Gasteiger charge is 2.11. The lowest BCUT2D eigenvalue weighted by Crippen LogP contribution is -2.01. The second-order valence-corrected chi connectivity index (χ2v) is 4.11. The van der Waals surface area contributed by atoms with Crippen LogP contribution in [0.3, 0.4) is 0 Å². The molecule has 0 aliphatic heterocycles. The van der Waals surface area contributed by atoms with E-state index in [0.717, 1.165) is 10.8 Å². The van der Waals surface area contributed by atoms with E-state index >= 15 is 0 Å². The molecule has 0 aliphatic rings. The van der Waals surface area contributed by atoms with Crippen molar-refractivity contribution in [3.05, 3.63) is 30.7 Å². The van der Waals surface area contributed by atoms with Gasteiger partial charge in [-0.1, -0.05) is 0 Å². The smallest absolute Gasteiger partial charge is 0.239 e. The van der Waals surface area contributed by atoms with Crippen molar-refractivity contribution in [2.24, 2.45) is 0 Å². The maximum atomic E-state index is 5.55. The Kier molecular flexibility index (Phi) is 2.86. The van der Waals surface area contributed by atoms with Crippen molar-refractivity contribution < 1.29 is 9.47 Å². The Morgan fingerprint density at radius 1 is 1.10 bits per heavy atom. The third-order valence-corrected chi connectivity index (χ3v) is 2.97. The summed E-state index contributed by atoms with van der Waals surface area (Å²) in [5, 5.41) is 5.91. The van der Waals surface area contributed by atoms with E-state index in [9.17, 15) is 0 Å². The summed E-state index contributed by atoms with van der Waals surface area (Å²) >= 11 is 0. The Labute approximate surface area is 115 Å². The highest BCUT2D eigenvalue weighted by atomic mass is 16.5. The van der Waals surface area contributed by atoms with E-state index in [4.69, 9.17) is 15.2 Å². The first kappa shape index (κ1) is 12.2. The zero-order valence-electron chi connectivity index (χ0n) is 11.1. The number of benzene rings is 1. The van der Waals surface area contributed by atoms with Gasteiger partial charge in [-0.15, -0.1) is 5.10 Å². The number of ether oxygens (including phenoxy) is 2. The Balaban J connectivity index is 2.28. The third-order valence-electron chi connectivity index (χ3n) is 2.97. The first-order valence-electron chi connectivity index (χ1n) is 5.91. The van der Waals surface area contributed by atoms with Crippen LogP contribution in [0.25, 0.3) is 16.6 Å². The summed E-state index contributed by atoms with van der Waals surface area (Å²) in [6, 6.07) is 5.63. The SMILES string of the molecule is COc1cc2ccnc(-n3cnc(N)n3)c2cc1OC. The minimum absolute atomic E-state index is 0.198. The Bertz CT molecular complexity index is 769. The molecule has 0 saturated heterocycles. The van der Waals surface area contributed by atoms with Gasteiger partial charge in [-0.05, 0) is 23.6 Å². The van der Waals surface area contributed by atoms with E-state index < -0.39 is 0 Å². The van der Waals surface area contributed by atoms with Gasteiger partial charge in [0.2, 0.25) is 5.95 Å². The van der Waals surface area contributed by atoms with Crippen LogP contribution in [0, 0.1) is 0 Å². The number of hydrogen-bond donors (Lipinski definition) is 1. The number of pyridine rings is 1. The molecule has 0 aliphatic carbocycles. The number of rotatable bonds is 3. The molecule has 0 atom stereocenters. The predicted molar refractivity (Wildman–Crippen MR) is 74.2 cm³/mol. The van der Waals surface area contributed by atoms with Crippen LogP contribution in [-0.2, 0) is 0 Å². The molecule has 2 N–H and O–H groups in total. The summed E-state index contributed by atoms with van der Waals surface area (Å²) in [5.74, 6) is 2.12. The Hall–Kier alpha value is -2.83. The van der Waals surface area contributed by atoms with Crippen LogP contribution in [0.5, 0.6) is 11.5 Å². The highest BCUT2D eigenvalue weighted by molar-refractivity contribution is 5.91. The molecule has 0 saturated carbocycles. The van der Waals surface area contributed by atoms with E-state index in [2.05, 4.69) is 15.1 Å². The number of hydrogen-bond acceptors (Lipinski definition) is 6. The molecule has 7 heteroatoms. The zero-order valence-corrected chi connectivity index (χ0v) is 11.1. The van der Waals surface area contributed by atoms with Crippen LogP contribution in [0.4, 0.5) is 5.95 Å². The van der Waals surface area contributed by atoms with Crippen LogP contribution in [0.2, 0.25) is 0 Å². The molecule has 0 bridgehead atoms. The molecule has 2 heterocycles. The minimum atomic E-state index is 0.198. The summed E-state index contributed by atoms with van der Waals surface area (Å²) in [5.41, 5.74) is 5.55. The molecule has 102 valence electrons. The number of anilines is 1. The first-order chi connectivity index (χ1) is 9.72. The molecule has 0 fully saturated rings. The lowest BCUT2D eigenvalue weighted by Gasteiger charge is -2.11. The largest absolute Gasteiger partial charge is 0.493 e. The molecule has 0 spiro atoms. The number of nitrogens with zero attached hydrogens (tertiary/aromatic N) is 4.